The van der Waals surface area contributed by atoms with Crippen LogP contribution in [0.25, 0.3) is 31.4 Å². The quantitative estimate of drug-likeness (QED) is 0.376. The summed E-state index contributed by atoms with van der Waals surface area (Å²) in [6.07, 6.45) is 3.59. The first kappa shape index (κ1) is 17.4. The van der Waals surface area contributed by atoms with E-state index < -0.39 is 5.41 Å². The Balaban J connectivity index is 1.40. The van der Waals surface area contributed by atoms with E-state index >= 15 is 0 Å². The maximum absolute atomic E-state index is 13.2. The maximum Gasteiger partial charge on any atom is 0.235 e. The van der Waals surface area contributed by atoms with Gasteiger partial charge >= 0.3 is 0 Å². The molecule has 4 nitrogen and oxygen atoms in total. The van der Waals surface area contributed by atoms with Gasteiger partial charge in [0, 0.05) is 26.2 Å². The van der Waals surface area contributed by atoms with E-state index in [4.69, 9.17) is 0 Å². The summed E-state index contributed by atoms with van der Waals surface area (Å²) in [5, 5.41) is 12.8. The lowest BCUT2D eigenvalue weighted by atomic mass is 9.95. The lowest BCUT2D eigenvalue weighted by Gasteiger charge is -2.16. The third kappa shape index (κ3) is 2.74. The first-order chi connectivity index (χ1) is 14.7. The number of aromatic nitrogens is 2. The van der Waals surface area contributed by atoms with Gasteiger partial charge in [-0.15, -0.1) is 11.3 Å². The standard InChI is InChI=1S/C25H19N3OS/c29-24(25(10-11-25)18-7-2-1-3-8-18)27-19-12-17-15-26-28-23(17)20(14-19)22-13-16-6-4-5-9-21(16)30-22/h1-9,12-15H,10-11H2,(H,26,28)(H,27,29). The normalized spacial score (nSPS) is 14.8. The summed E-state index contributed by atoms with van der Waals surface area (Å²) in [6, 6.07) is 24.7. The summed E-state index contributed by atoms with van der Waals surface area (Å²) < 4.78 is 1.25. The molecule has 1 aliphatic carbocycles. The number of hydrogen-bond acceptors (Lipinski definition) is 3. The third-order valence-electron chi connectivity index (χ3n) is 6.01. The number of amides is 1. The Bertz CT molecular complexity index is 1360. The summed E-state index contributed by atoms with van der Waals surface area (Å²) in [6.45, 7) is 0. The molecule has 0 aliphatic heterocycles. The minimum Gasteiger partial charge on any atom is -0.325 e. The molecule has 1 saturated carbocycles. The van der Waals surface area contributed by atoms with Gasteiger partial charge in [0.05, 0.1) is 17.1 Å². The molecule has 1 aliphatic rings. The number of thiophene rings is 1. The van der Waals surface area contributed by atoms with Crippen molar-refractivity contribution in [2.45, 2.75) is 18.3 Å². The zero-order chi connectivity index (χ0) is 20.1. The van der Waals surface area contributed by atoms with Crippen molar-refractivity contribution in [3.8, 4) is 10.4 Å². The zero-order valence-corrected chi connectivity index (χ0v) is 17.0. The van der Waals surface area contributed by atoms with Crippen molar-refractivity contribution in [3.05, 3.63) is 84.6 Å². The molecule has 1 fully saturated rings. The number of rotatable bonds is 4. The van der Waals surface area contributed by atoms with E-state index in [-0.39, 0.29) is 5.91 Å². The minimum absolute atomic E-state index is 0.0684. The summed E-state index contributed by atoms with van der Waals surface area (Å²) in [5.74, 6) is 0.0684. The molecule has 146 valence electrons. The minimum atomic E-state index is -0.398. The predicted octanol–water partition coefficient (Wildman–Crippen LogP) is 6.11. The van der Waals surface area contributed by atoms with Crippen molar-refractivity contribution in [2.75, 3.05) is 5.32 Å². The summed E-state index contributed by atoms with van der Waals surface area (Å²) in [7, 11) is 0. The van der Waals surface area contributed by atoms with Gasteiger partial charge in [0.2, 0.25) is 5.91 Å². The van der Waals surface area contributed by atoms with Crippen LogP contribution in [0.2, 0.25) is 0 Å². The van der Waals surface area contributed by atoms with Gasteiger partial charge in [-0.2, -0.15) is 5.10 Å². The van der Waals surface area contributed by atoms with Gasteiger partial charge in [-0.25, -0.2) is 0 Å². The van der Waals surface area contributed by atoms with Crippen LogP contribution in [0, 0.1) is 0 Å². The molecule has 2 N–H and O–H groups in total. The van der Waals surface area contributed by atoms with E-state index in [2.05, 4.69) is 64.0 Å². The summed E-state index contributed by atoms with van der Waals surface area (Å²) in [4.78, 5) is 14.4. The fourth-order valence-electron chi connectivity index (χ4n) is 4.22. The molecule has 1 amide bonds. The van der Waals surface area contributed by atoms with E-state index in [0.29, 0.717) is 0 Å². The first-order valence-corrected chi connectivity index (χ1v) is 10.9. The topological polar surface area (TPSA) is 57.8 Å². The first-order valence-electron chi connectivity index (χ1n) is 10.1. The molecule has 0 radical (unpaired) electrons. The SMILES string of the molecule is O=C(Nc1cc(-c2cc3ccccc3s2)c2[nH]ncc2c1)C1(c2ccccc2)CC1. The number of anilines is 1. The molecule has 0 atom stereocenters. The van der Waals surface area contributed by atoms with Crippen LogP contribution >= 0.6 is 11.3 Å². The van der Waals surface area contributed by atoms with Crippen LogP contribution in [0.4, 0.5) is 5.69 Å². The molecule has 30 heavy (non-hydrogen) atoms. The Labute approximate surface area is 177 Å². The average molecular weight is 410 g/mol. The largest absolute Gasteiger partial charge is 0.325 e. The van der Waals surface area contributed by atoms with Gasteiger partial charge in [0.25, 0.3) is 0 Å². The van der Waals surface area contributed by atoms with E-state index in [1.807, 2.05) is 30.5 Å². The predicted molar refractivity (Wildman–Crippen MR) is 123 cm³/mol. The van der Waals surface area contributed by atoms with Crippen molar-refractivity contribution >= 4 is 43.9 Å². The lowest BCUT2D eigenvalue weighted by molar-refractivity contribution is -0.118. The Morgan fingerprint density at radius 1 is 0.967 bits per heavy atom. The Kier molecular flexibility index (Phi) is 3.80. The second-order valence-corrected chi connectivity index (χ2v) is 8.99. The lowest BCUT2D eigenvalue weighted by Crippen LogP contribution is -2.27. The van der Waals surface area contributed by atoms with E-state index in [0.717, 1.165) is 45.4 Å². The number of nitrogens with one attached hydrogen (secondary N) is 2. The van der Waals surface area contributed by atoms with Crippen LogP contribution in [-0.2, 0) is 10.2 Å². The molecular formula is C25H19N3OS. The number of H-pyrrole nitrogens is 1. The number of benzene rings is 3. The molecule has 2 aromatic heterocycles. The van der Waals surface area contributed by atoms with Crippen molar-refractivity contribution in [3.63, 3.8) is 0 Å². The molecule has 0 bridgehead atoms. The second-order valence-electron chi connectivity index (χ2n) is 7.91. The molecule has 3 aromatic carbocycles. The average Bonchev–Trinajstić information content (AvgIpc) is 3.26. The van der Waals surface area contributed by atoms with Gasteiger partial charge in [-0.1, -0.05) is 48.5 Å². The molecule has 2 heterocycles. The smallest absolute Gasteiger partial charge is 0.235 e. The van der Waals surface area contributed by atoms with E-state index in [1.165, 1.54) is 10.1 Å². The fourth-order valence-corrected chi connectivity index (χ4v) is 5.30. The highest BCUT2D eigenvalue weighted by molar-refractivity contribution is 7.22. The van der Waals surface area contributed by atoms with Gasteiger partial charge in [-0.05, 0) is 48.1 Å². The van der Waals surface area contributed by atoms with Crippen LogP contribution < -0.4 is 5.32 Å². The van der Waals surface area contributed by atoms with E-state index in [1.54, 1.807) is 11.3 Å². The number of carbonyl (C=O) groups excluding carboxylic acids is 1. The molecule has 5 heteroatoms. The van der Waals surface area contributed by atoms with Gasteiger partial charge < -0.3 is 5.32 Å². The van der Waals surface area contributed by atoms with Crippen LogP contribution in [0.15, 0.2) is 79.0 Å². The van der Waals surface area contributed by atoms with Crippen LogP contribution in [0.5, 0.6) is 0 Å². The van der Waals surface area contributed by atoms with Gasteiger partial charge in [-0.3, -0.25) is 9.89 Å². The summed E-state index contributed by atoms with van der Waals surface area (Å²) in [5.41, 5.74) is 3.56. The van der Waals surface area contributed by atoms with Crippen LogP contribution in [0.3, 0.4) is 0 Å². The number of nitrogens with zero attached hydrogens (tertiary/aromatic N) is 1. The highest BCUT2D eigenvalue weighted by Gasteiger charge is 2.51. The molecule has 0 saturated heterocycles. The number of fused-ring (bicyclic) bond motifs is 2. The Morgan fingerprint density at radius 2 is 1.77 bits per heavy atom. The molecule has 6 rings (SSSR count). The van der Waals surface area contributed by atoms with Crippen LogP contribution in [0.1, 0.15) is 18.4 Å². The van der Waals surface area contributed by atoms with Crippen molar-refractivity contribution in [1.82, 2.24) is 10.2 Å². The highest BCUT2D eigenvalue weighted by Crippen LogP contribution is 2.49. The monoisotopic (exact) mass is 409 g/mol. The van der Waals surface area contributed by atoms with Crippen molar-refractivity contribution in [2.24, 2.45) is 0 Å². The van der Waals surface area contributed by atoms with E-state index in [9.17, 15) is 4.79 Å². The van der Waals surface area contributed by atoms with Crippen molar-refractivity contribution < 1.29 is 4.79 Å². The molecule has 0 spiro atoms. The molecule has 5 aromatic rings. The number of carbonyl (C=O) groups is 1. The molecular weight excluding hydrogens is 390 g/mol. The van der Waals surface area contributed by atoms with Gasteiger partial charge in [0.1, 0.15) is 0 Å². The van der Waals surface area contributed by atoms with Gasteiger partial charge in [0.15, 0.2) is 0 Å². The number of aromatic amines is 1. The maximum atomic E-state index is 13.2. The summed E-state index contributed by atoms with van der Waals surface area (Å²) >= 11 is 1.75. The Hall–Kier alpha value is -3.44. The molecule has 0 unspecified atom stereocenters. The zero-order valence-electron chi connectivity index (χ0n) is 16.2. The van der Waals surface area contributed by atoms with Crippen LogP contribution in [-0.4, -0.2) is 16.1 Å². The third-order valence-corrected chi connectivity index (χ3v) is 7.16. The van der Waals surface area contributed by atoms with Crippen molar-refractivity contribution in [1.29, 1.82) is 0 Å². The number of hydrogen-bond donors (Lipinski definition) is 2. The fraction of sp³-hybridized carbons (Fsp3) is 0.120. The Morgan fingerprint density at radius 3 is 2.57 bits per heavy atom. The second kappa shape index (κ2) is 6.54. The highest BCUT2D eigenvalue weighted by atomic mass is 32.1.